The molecule has 0 spiro atoms. The van der Waals surface area contributed by atoms with E-state index in [1.54, 1.807) is 6.92 Å². The molecule has 0 N–H and O–H groups in total. The fourth-order valence-corrected chi connectivity index (χ4v) is 1.59. The van der Waals surface area contributed by atoms with Gasteiger partial charge in [-0.3, -0.25) is 9.59 Å². The Labute approximate surface area is 114 Å². The molecule has 1 amide bonds. The molecule has 4 nitrogen and oxygen atoms in total. The van der Waals surface area contributed by atoms with Gasteiger partial charge in [0, 0.05) is 18.7 Å². The summed E-state index contributed by atoms with van der Waals surface area (Å²) in [6, 6.07) is 1.25. The van der Waals surface area contributed by atoms with E-state index in [1.165, 1.54) is 12.0 Å². The molecule has 0 aliphatic carbocycles. The zero-order valence-corrected chi connectivity index (χ0v) is 11.1. The van der Waals surface area contributed by atoms with Gasteiger partial charge in [-0.05, 0) is 19.1 Å². The summed E-state index contributed by atoms with van der Waals surface area (Å²) in [5.41, 5.74) is -0.312. The summed E-state index contributed by atoms with van der Waals surface area (Å²) in [6.45, 7) is 1.92. The molecule has 0 radical (unpaired) electrons. The summed E-state index contributed by atoms with van der Waals surface area (Å²) in [5, 5.41) is 0. The minimum atomic E-state index is -1.63. The van der Waals surface area contributed by atoms with Gasteiger partial charge in [-0.2, -0.15) is 0 Å². The Kier molecular flexibility index (Phi) is 5.54. The molecule has 1 aromatic rings. The number of halogens is 3. The molecule has 1 aromatic carbocycles. The van der Waals surface area contributed by atoms with Crippen molar-refractivity contribution in [2.75, 3.05) is 20.2 Å². The summed E-state index contributed by atoms with van der Waals surface area (Å²) in [6.07, 6.45) is -0.0394. The Balaban J connectivity index is 2.88. The van der Waals surface area contributed by atoms with Gasteiger partial charge in [0.2, 0.25) is 0 Å². The molecular weight excluding hydrogens is 275 g/mol. The van der Waals surface area contributed by atoms with E-state index in [9.17, 15) is 22.8 Å². The second-order valence-corrected chi connectivity index (χ2v) is 3.96. The van der Waals surface area contributed by atoms with E-state index in [1.807, 2.05) is 0 Å². The molecule has 7 heteroatoms. The lowest BCUT2D eigenvalue weighted by atomic mass is 10.1. The molecule has 0 aliphatic heterocycles. The van der Waals surface area contributed by atoms with E-state index in [4.69, 9.17) is 0 Å². The fraction of sp³-hybridized carbons (Fsp3) is 0.385. The highest BCUT2D eigenvalue weighted by atomic mass is 19.2. The third-order valence-corrected chi connectivity index (χ3v) is 2.71. The van der Waals surface area contributed by atoms with E-state index >= 15 is 0 Å². The van der Waals surface area contributed by atoms with Crippen molar-refractivity contribution in [2.24, 2.45) is 0 Å². The van der Waals surface area contributed by atoms with E-state index in [0.29, 0.717) is 12.1 Å². The second kappa shape index (κ2) is 6.93. The second-order valence-electron chi connectivity index (χ2n) is 3.96. The van der Waals surface area contributed by atoms with Crippen LogP contribution < -0.4 is 0 Å². The van der Waals surface area contributed by atoms with E-state index in [-0.39, 0.29) is 25.1 Å². The predicted octanol–water partition coefficient (Wildman–Crippen LogP) is 2.13. The van der Waals surface area contributed by atoms with Gasteiger partial charge in [0.15, 0.2) is 17.5 Å². The van der Waals surface area contributed by atoms with Gasteiger partial charge in [0.25, 0.3) is 5.91 Å². The number of esters is 1. The fourth-order valence-electron chi connectivity index (χ4n) is 1.59. The molecule has 0 bridgehead atoms. The van der Waals surface area contributed by atoms with E-state index in [0.717, 1.165) is 0 Å². The van der Waals surface area contributed by atoms with Gasteiger partial charge in [0.05, 0.1) is 13.5 Å². The van der Waals surface area contributed by atoms with Crippen LogP contribution in [0.5, 0.6) is 0 Å². The first-order chi connectivity index (χ1) is 9.40. The quantitative estimate of drug-likeness (QED) is 0.616. The Morgan fingerprint density at radius 3 is 2.20 bits per heavy atom. The standard InChI is InChI=1S/C13H14F3NO3/c1-3-17(5-4-11(18)20-2)13(19)8-6-9(14)12(16)10(15)7-8/h6-7H,3-5H2,1-2H3. The molecule has 0 saturated carbocycles. The average molecular weight is 289 g/mol. The molecule has 0 saturated heterocycles. The van der Waals surface area contributed by atoms with Crippen LogP contribution in [0.2, 0.25) is 0 Å². The van der Waals surface area contributed by atoms with Gasteiger partial charge in [0.1, 0.15) is 0 Å². The topological polar surface area (TPSA) is 46.6 Å². The van der Waals surface area contributed by atoms with Gasteiger partial charge in [-0.15, -0.1) is 0 Å². The Bertz CT molecular complexity index is 497. The molecule has 0 atom stereocenters. The largest absolute Gasteiger partial charge is 0.469 e. The molecular formula is C13H14F3NO3. The van der Waals surface area contributed by atoms with Crippen LogP contribution in [0.4, 0.5) is 13.2 Å². The third-order valence-electron chi connectivity index (χ3n) is 2.71. The van der Waals surface area contributed by atoms with Crippen molar-refractivity contribution in [1.82, 2.24) is 4.90 Å². The average Bonchev–Trinajstić information content (AvgIpc) is 2.44. The summed E-state index contributed by atoms with van der Waals surface area (Å²) in [5.74, 6) is -5.68. The number of nitrogens with zero attached hydrogens (tertiary/aromatic N) is 1. The molecule has 0 aromatic heterocycles. The normalized spacial score (nSPS) is 10.2. The molecule has 110 valence electrons. The molecule has 0 fully saturated rings. The highest BCUT2D eigenvalue weighted by Crippen LogP contribution is 2.15. The molecule has 20 heavy (non-hydrogen) atoms. The molecule has 0 unspecified atom stereocenters. The lowest BCUT2D eigenvalue weighted by molar-refractivity contribution is -0.140. The number of carbonyl (C=O) groups is 2. The maximum absolute atomic E-state index is 13.1. The van der Waals surface area contributed by atoms with Crippen molar-refractivity contribution in [2.45, 2.75) is 13.3 Å². The third kappa shape index (κ3) is 3.72. The van der Waals surface area contributed by atoms with Gasteiger partial charge in [-0.1, -0.05) is 0 Å². The zero-order valence-electron chi connectivity index (χ0n) is 11.1. The van der Waals surface area contributed by atoms with Gasteiger partial charge >= 0.3 is 5.97 Å². The molecule has 1 rings (SSSR count). The van der Waals surface area contributed by atoms with E-state index < -0.39 is 29.3 Å². The van der Waals surface area contributed by atoms with Crippen LogP contribution in [0.1, 0.15) is 23.7 Å². The van der Waals surface area contributed by atoms with Crippen LogP contribution in [-0.4, -0.2) is 37.0 Å². The van der Waals surface area contributed by atoms with Crippen LogP contribution >= 0.6 is 0 Å². The van der Waals surface area contributed by atoms with Crippen LogP contribution in [0.3, 0.4) is 0 Å². The van der Waals surface area contributed by atoms with Crippen LogP contribution in [0.25, 0.3) is 0 Å². The van der Waals surface area contributed by atoms with Crippen molar-refractivity contribution < 1.29 is 27.5 Å². The SMILES string of the molecule is CCN(CCC(=O)OC)C(=O)c1cc(F)c(F)c(F)c1. The lowest BCUT2D eigenvalue weighted by Crippen LogP contribution is -2.33. The zero-order chi connectivity index (χ0) is 15.3. The number of ether oxygens (including phenoxy) is 1. The van der Waals surface area contributed by atoms with Crippen molar-refractivity contribution in [3.05, 3.63) is 35.1 Å². The number of rotatable bonds is 5. The number of methoxy groups -OCH3 is 1. The number of hydrogen-bond acceptors (Lipinski definition) is 3. The minimum Gasteiger partial charge on any atom is -0.469 e. The maximum atomic E-state index is 13.1. The summed E-state index contributed by atoms with van der Waals surface area (Å²) >= 11 is 0. The predicted molar refractivity (Wildman–Crippen MR) is 64.5 cm³/mol. The van der Waals surface area contributed by atoms with Crippen LogP contribution in [0.15, 0.2) is 12.1 Å². The van der Waals surface area contributed by atoms with Gasteiger partial charge < -0.3 is 9.64 Å². The Morgan fingerprint density at radius 1 is 1.20 bits per heavy atom. The highest BCUT2D eigenvalue weighted by Gasteiger charge is 2.19. The number of benzene rings is 1. The molecule has 0 heterocycles. The Hall–Kier alpha value is -2.05. The first kappa shape index (κ1) is 16.0. The summed E-state index contributed by atoms with van der Waals surface area (Å²) < 4.78 is 43.4. The highest BCUT2D eigenvalue weighted by molar-refractivity contribution is 5.94. The summed E-state index contributed by atoms with van der Waals surface area (Å²) in [7, 11) is 1.21. The van der Waals surface area contributed by atoms with E-state index in [2.05, 4.69) is 4.74 Å². The number of amides is 1. The van der Waals surface area contributed by atoms with Crippen molar-refractivity contribution >= 4 is 11.9 Å². The summed E-state index contributed by atoms with van der Waals surface area (Å²) in [4.78, 5) is 24.2. The maximum Gasteiger partial charge on any atom is 0.307 e. The monoisotopic (exact) mass is 289 g/mol. The van der Waals surface area contributed by atoms with Crippen LogP contribution in [-0.2, 0) is 9.53 Å². The number of carbonyl (C=O) groups excluding carboxylic acids is 2. The Morgan fingerprint density at radius 2 is 1.75 bits per heavy atom. The lowest BCUT2D eigenvalue weighted by Gasteiger charge is -2.20. The van der Waals surface area contributed by atoms with Crippen molar-refractivity contribution in [3.8, 4) is 0 Å². The minimum absolute atomic E-state index is 0.0394. The smallest absolute Gasteiger partial charge is 0.307 e. The van der Waals surface area contributed by atoms with Gasteiger partial charge in [-0.25, -0.2) is 13.2 Å². The van der Waals surface area contributed by atoms with Crippen molar-refractivity contribution in [1.29, 1.82) is 0 Å². The number of hydrogen-bond donors (Lipinski definition) is 0. The van der Waals surface area contributed by atoms with Crippen LogP contribution in [0, 0.1) is 17.5 Å². The molecule has 0 aliphatic rings. The first-order valence-corrected chi connectivity index (χ1v) is 5.91. The van der Waals surface area contributed by atoms with Crippen molar-refractivity contribution in [3.63, 3.8) is 0 Å². The first-order valence-electron chi connectivity index (χ1n) is 5.91.